The summed E-state index contributed by atoms with van der Waals surface area (Å²) < 4.78 is 25.1. The van der Waals surface area contributed by atoms with Crippen LogP contribution in [-0.2, 0) is 4.74 Å². The summed E-state index contributed by atoms with van der Waals surface area (Å²) in [4.78, 5) is 18.0. The Kier molecular flexibility index (Phi) is 5.95. The lowest BCUT2D eigenvalue weighted by Crippen LogP contribution is -2.41. The lowest BCUT2D eigenvalue weighted by atomic mass is 10.1. The Bertz CT molecular complexity index is 688. The molecule has 25 heavy (non-hydrogen) atoms. The summed E-state index contributed by atoms with van der Waals surface area (Å²) >= 11 is 0. The number of rotatable bonds is 6. The summed E-state index contributed by atoms with van der Waals surface area (Å²) in [7, 11) is 0. The van der Waals surface area contributed by atoms with Crippen LogP contribution in [0.15, 0.2) is 48.8 Å². The number of piperidine rings is 1. The lowest BCUT2D eigenvalue weighted by Gasteiger charge is -2.32. The molecule has 1 aromatic carbocycles. The average molecular weight is 344 g/mol. The smallest absolute Gasteiger partial charge is 0.256 e. The number of aromatic nitrogens is 1. The molecular weight excluding hydrogens is 323 g/mol. The Labute approximate surface area is 146 Å². The minimum absolute atomic E-state index is 0.0992. The number of benzene rings is 1. The molecule has 6 heteroatoms. The van der Waals surface area contributed by atoms with Gasteiger partial charge in [0.1, 0.15) is 18.2 Å². The molecule has 2 aromatic rings. The Morgan fingerprint density at radius 1 is 1.16 bits per heavy atom. The second-order valence-corrected chi connectivity index (χ2v) is 5.88. The van der Waals surface area contributed by atoms with E-state index in [9.17, 15) is 9.18 Å². The molecule has 1 saturated heterocycles. The van der Waals surface area contributed by atoms with Crippen LogP contribution in [-0.4, -0.2) is 48.2 Å². The highest BCUT2D eigenvalue weighted by Crippen LogP contribution is 2.18. The summed E-state index contributed by atoms with van der Waals surface area (Å²) in [5.74, 6) is -0.00807. The topological polar surface area (TPSA) is 51.7 Å². The van der Waals surface area contributed by atoms with E-state index in [1.807, 2.05) is 12.1 Å². The largest absolute Gasteiger partial charge is 0.490 e. The van der Waals surface area contributed by atoms with Crippen molar-refractivity contribution >= 4 is 5.91 Å². The van der Waals surface area contributed by atoms with Crippen molar-refractivity contribution in [2.24, 2.45) is 0 Å². The van der Waals surface area contributed by atoms with E-state index < -0.39 is 5.82 Å². The van der Waals surface area contributed by atoms with Crippen molar-refractivity contribution in [3.63, 3.8) is 0 Å². The molecular formula is C19H21FN2O3. The summed E-state index contributed by atoms with van der Waals surface area (Å²) in [5, 5.41) is 0. The third-order valence-corrected chi connectivity index (χ3v) is 4.17. The average Bonchev–Trinajstić information content (AvgIpc) is 2.66. The minimum atomic E-state index is -0.474. The molecule has 0 spiro atoms. The normalized spacial score (nSPS) is 15.2. The number of halogens is 1. The van der Waals surface area contributed by atoms with Gasteiger partial charge in [-0.3, -0.25) is 9.78 Å². The van der Waals surface area contributed by atoms with Gasteiger partial charge in [-0.1, -0.05) is 12.1 Å². The molecule has 0 bridgehead atoms. The highest BCUT2D eigenvalue weighted by molar-refractivity contribution is 5.94. The van der Waals surface area contributed by atoms with E-state index in [2.05, 4.69) is 4.98 Å². The highest BCUT2D eigenvalue weighted by Gasteiger charge is 2.25. The first-order valence-corrected chi connectivity index (χ1v) is 8.42. The number of hydrogen-bond donors (Lipinski definition) is 0. The second-order valence-electron chi connectivity index (χ2n) is 5.88. The predicted octanol–water partition coefficient (Wildman–Crippen LogP) is 2.92. The van der Waals surface area contributed by atoms with Crippen molar-refractivity contribution in [2.75, 3.05) is 26.3 Å². The number of ether oxygens (including phenoxy) is 2. The molecule has 3 rings (SSSR count). The van der Waals surface area contributed by atoms with Crippen molar-refractivity contribution in [1.82, 2.24) is 9.88 Å². The third kappa shape index (κ3) is 4.76. The molecule has 0 radical (unpaired) electrons. The zero-order chi connectivity index (χ0) is 17.5. The third-order valence-electron chi connectivity index (χ3n) is 4.17. The molecule has 1 amide bonds. The maximum absolute atomic E-state index is 13.7. The molecule has 0 aliphatic carbocycles. The van der Waals surface area contributed by atoms with E-state index in [4.69, 9.17) is 9.47 Å². The molecule has 1 aromatic heterocycles. The van der Waals surface area contributed by atoms with Gasteiger partial charge in [-0.2, -0.15) is 0 Å². The lowest BCUT2D eigenvalue weighted by molar-refractivity contribution is -0.00249. The van der Waals surface area contributed by atoms with Gasteiger partial charge in [-0.15, -0.1) is 0 Å². The molecule has 1 aliphatic rings. The van der Waals surface area contributed by atoms with Gasteiger partial charge in [0.2, 0.25) is 0 Å². The molecule has 132 valence electrons. The van der Waals surface area contributed by atoms with Gasteiger partial charge in [0.05, 0.1) is 24.5 Å². The van der Waals surface area contributed by atoms with Crippen LogP contribution in [0.4, 0.5) is 4.39 Å². The van der Waals surface area contributed by atoms with Crippen LogP contribution in [0, 0.1) is 5.82 Å². The zero-order valence-corrected chi connectivity index (χ0v) is 13.9. The number of carbonyl (C=O) groups is 1. The number of hydrogen-bond acceptors (Lipinski definition) is 4. The van der Waals surface area contributed by atoms with Gasteiger partial charge in [0.25, 0.3) is 5.91 Å². The SMILES string of the molecule is O=C(c1ccccc1F)N1CCC(OCCOc2cccnc2)CC1. The molecule has 1 fully saturated rings. The van der Waals surface area contributed by atoms with E-state index in [1.54, 1.807) is 29.4 Å². The summed E-state index contributed by atoms with van der Waals surface area (Å²) in [6, 6.07) is 9.76. The standard InChI is InChI=1S/C19H21FN2O3/c20-18-6-2-1-5-17(18)19(23)22-10-7-15(8-11-22)24-12-13-25-16-4-3-9-21-14-16/h1-6,9,14-15H,7-8,10-13H2. The van der Waals surface area contributed by atoms with Crippen molar-refractivity contribution in [2.45, 2.75) is 18.9 Å². The van der Waals surface area contributed by atoms with Gasteiger partial charge < -0.3 is 14.4 Å². The first-order chi connectivity index (χ1) is 12.2. The summed E-state index contributed by atoms with van der Waals surface area (Å²) in [6.07, 6.45) is 4.94. The van der Waals surface area contributed by atoms with Crippen molar-refractivity contribution in [3.05, 3.63) is 60.2 Å². The maximum Gasteiger partial charge on any atom is 0.256 e. The molecule has 0 unspecified atom stereocenters. The van der Waals surface area contributed by atoms with E-state index >= 15 is 0 Å². The predicted molar refractivity (Wildman–Crippen MR) is 91.0 cm³/mol. The number of carbonyl (C=O) groups excluding carboxylic acids is 1. The van der Waals surface area contributed by atoms with E-state index in [1.165, 1.54) is 12.1 Å². The van der Waals surface area contributed by atoms with Crippen LogP contribution < -0.4 is 4.74 Å². The Hall–Kier alpha value is -2.47. The van der Waals surface area contributed by atoms with Crippen LogP contribution in [0.1, 0.15) is 23.2 Å². The summed E-state index contributed by atoms with van der Waals surface area (Å²) in [5.41, 5.74) is 0.131. The van der Waals surface area contributed by atoms with Gasteiger partial charge >= 0.3 is 0 Å². The molecule has 2 heterocycles. The Morgan fingerprint density at radius 2 is 1.96 bits per heavy atom. The fourth-order valence-corrected chi connectivity index (χ4v) is 2.84. The Morgan fingerprint density at radius 3 is 2.68 bits per heavy atom. The number of pyridine rings is 1. The van der Waals surface area contributed by atoms with E-state index in [0.717, 1.165) is 18.6 Å². The minimum Gasteiger partial charge on any atom is -0.490 e. The van der Waals surface area contributed by atoms with Crippen molar-refractivity contribution in [3.8, 4) is 5.75 Å². The van der Waals surface area contributed by atoms with Crippen LogP contribution in [0.25, 0.3) is 0 Å². The molecule has 0 N–H and O–H groups in total. The number of likely N-dealkylation sites (tertiary alicyclic amines) is 1. The Balaban J connectivity index is 1.38. The molecule has 0 atom stereocenters. The van der Waals surface area contributed by atoms with Gasteiger partial charge in [0, 0.05) is 19.3 Å². The fourth-order valence-electron chi connectivity index (χ4n) is 2.84. The summed E-state index contributed by atoms with van der Waals surface area (Å²) in [6.45, 7) is 2.09. The monoisotopic (exact) mass is 344 g/mol. The molecule has 0 saturated carbocycles. The molecule has 1 aliphatic heterocycles. The van der Waals surface area contributed by atoms with Crippen LogP contribution in [0.3, 0.4) is 0 Å². The van der Waals surface area contributed by atoms with Gasteiger partial charge in [-0.25, -0.2) is 4.39 Å². The zero-order valence-electron chi connectivity index (χ0n) is 13.9. The highest BCUT2D eigenvalue weighted by atomic mass is 19.1. The van der Waals surface area contributed by atoms with Crippen LogP contribution >= 0.6 is 0 Å². The second kappa shape index (κ2) is 8.58. The first-order valence-electron chi connectivity index (χ1n) is 8.42. The first kappa shape index (κ1) is 17.4. The molecule has 5 nitrogen and oxygen atoms in total. The quantitative estimate of drug-likeness (QED) is 0.756. The van der Waals surface area contributed by atoms with Gasteiger partial charge in [0.15, 0.2) is 0 Å². The van der Waals surface area contributed by atoms with Gasteiger partial charge in [-0.05, 0) is 37.1 Å². The van der Waals surface area contributed by atoms with Crippen LogP contribution in [0.2, 0.25) is 0 Å². The van der Waals surface area contributed by atoms with E-state index in [0.29, 0.717) is 26.3 Å². The van der Waals surface area contributed by atoms with Crippen molar-refractivity contribution < 1.29 is 18.7 Å². The van der Waals surface area contributed by atoms with Crippen molar-refractivity contribution in [1.29, 1.82) is 0 Å². The van der Waals surface area contributed by atoms with Crippen LogP contribution in [0.5, 0.6) is 5.75 Å². The maximum atomic E-state index is 13.7. The number of nitrogens with zero attached hydrogens (tertiary/aromatic N) is 2. The fraction of sp³-hybridized carbons (Fsp3) is 0.368. The number of amides is 1. The van der Waals surface area contributed by atoms with E-state index in [-0.39, 0.29) is 17.6 Å².